The molecule has 0 N–H and O–H groups in total. The molecule has 0 unspecified atom stereocenters. The largest absolute Gasteiger partial charge is 0.423 e. The van der Waals surface area contributed by atoms with Crippen LogP contribution in [-0.2, 0) is 25.7 Å². The molecule has 0 saturated carbocycles. The lowest BCUT2D eigenvalue weighted by molar-refractivity contribution is 0.0728. The normalized spacial score (nSPS) is 10.9. The van der Waals surface area contributed by atoms with Gasteiger partial charge in [0.15, 0.2) is 5.78 Å². The van der Waals surface area contributed by atoms with E-state index in [2.05, 4.69) is 69.0 Å². The minimum absolute atomic E-state index is 0.00766. The fraction of sp³-hybridized carbons (Fsp3) is 0.306. The number of nitrogens with zero attached hydrogens (tertiary/aromatic N) is 1. The minimum Gasteiger partial charge on any atom is -0.423 e. The number of hydrogen-bond acceptors (Lipinski definition) is 6. The van der Waals surface area contributed by atoms with E-state index in [4.69, 9.17) is 4.74 Å². The highest BCUT2D eigenvalue weighted by molar-refractivity contribution is 6.49. The molecule has 0 saturated heterocycles. The Bertz CT molecular complexity index is 2030. The molecule has 55 heavy (non-hydrogen) atoms. The number of Topliss-reactive ketones (excluding diaryl/α,β-unsaturated/α-hetero) is 3. The van der Waals surface area contributed by atoms with E-state index < -0.39 is 17.5 Å². The van der Waals surface area contributed by atoms with E-state index in [-0.39, 0.29) is 34.5 Å². The van der Waals surface area contributed by atoms with Crippen LogP contribution in [0.3, 0.4) is 0 Å². The highest BCUT2D eigenvalue weighted by Crippen LogP contribution is 2.38. The first-order valence-corrected chi connectivity index (χ1v) is 19.9. The number of para-hydroxylation sites is 1. The molecule has 0 atom stereocenters. The highest BCUT2D eigenvalue weighted by Gasteiger charge is 2.25. The van der Waals surface area contributed by atoms with Crippen LogP contribution in [0.2, 0.25) is 0 Å². The van der Waals surface area contributed by atoms with Crippen LogP contribution in [0.25, 0.3) is 0 Å². The van der Waals surface area contributed by atoms with E-state index in [0.717, 1.165) is 68.4 Å². The summed E-state index contributed by atoms with van der Waals surface area (Å²) in [5, 5.41) is 0. The van der Waals surface area contributed by atoms with Gasteiger partial charge in [-0.1, -0.05) is 109 Å². The van der Waals surface area contributed by atoms with Crippen molar-refractivity contribution >= 4 is 40.4 Å². The van der Waals surface area contributed by atoms with Crippen molar-refractivity contribution in [2.45, 2.75) is 98.8 Å². The van der Waals surface area contributed by atoms with Gasteiger partial charge in [0.25, 0.3) is 0 Å². The number of rotatable bonds is 19. The SMILES string of the molecule is CCCC(=O)c1ccc(C(=O)C(=O)c2cccc(N(c3cc(CCC)cc(CCC)c3)c3cc(CCC)cc(CCC)c3)c2)cc1C(=O)Oc1ccccc1. The molecule has 6 heteroatoms. The number of benzene rings is 5. The van der Waals surface area contributed by atoms with Crippen molar-refractivity contribution < 1.29 is 23.9 Å². The molecule has 0 aliphatic heterocycles. The molecule has 0 bridgehead atoms. The fourth-order valence-electron chi connectivity index (χ4n) is 7.08. The molecule has 6 nitrogen and oxygen atoms in total. The topological polar surface area (TPSA) is 80.8 Å². The Kier molecular flexibility index (Phi) is 14.5. The van der Waals surface area contributed by atoms with Crippen LogP contribution < -0.4 is 9.64 Å². The first-order chi connectivity index (χ1) is 26.7. The average Bonchev–Trinajstić information content (AvgIpc) is 3.18. The summed E-state index contributed by atoms with van der Waals surface area (Å²) in [5.74, 6) is -2.20. The zero-order valence-electron chi connectivity index (χ0n) is 33.0. The maximum absolute atomic E-state index is 14.1. The molecular weight excluding hydrogens is 683 g/mol. The third kappa shape index (κ3) is 10.3. The van der Waals surface area contributed by atoms with Gasteiger partial charge in [0.2, 0.25) is 11.6 Å². The van der Waals surface area contributed by atoms with Gasteiger partial charge in [0, 0.05) is 40.2 Å². The van der Waals surface area contributed by atoms with Gasteiger partial charge in [-0.15, -0.1) is 0 Å². The second-order valence-electron chi connectivity index (χ2n) is 14.2. The standard InChI is InChI=1S/C49H53NO5/c1-6-15-34-26-35(16-7-2)29-41(28-34)50(42-30-36(17-8-3)27-37(31-42)18-9-4)40-21-14-20-38(32-40)47(52)48(53)39-24-25-44(46(51)19-10-5)45(33-39)49(54)55-43-22-12-11-13-23-43/h11-14,20-33H,6-10,15-19H2,1-5H3. The predicted octanol–water partition coefficient (Wildman–Crippen LogP) is 12.2. The van der Waals surface area contributed by atoms with E-state index in [1.54, 1.807) is 42.5 Å². The van der Waals surface area contributed by atoms with Crippen LogP contribution in [0.5, 0.6) is 5.75 Å². The number of hydrogen-bond donors (Lipinski definition) is 0. The fourth-order valence-corrected chi connectivity index (χ4v) is 7.08. The number of carbonyl (C=O) groups is 4. The van der Waals surface area contributed by atoms with Crippen LogP contribution in [-0.4, -0.2) is 23.3 Å². The summed E-state index contributed by atoms with van der Waals surface area (Å²) in [6.07, 6.45) is 8.70. The molecule has 5 aromatic rings. The lowest BCUT2D eigenvalue weighted by Gasteiger charge is -2.28. The third-order valence-electron chi connectivity index (χ3n) is 9.55. The molecule has 5 aromatic carbocycles. The Balaban J connectivity index is 1.59. The van der Waals surface area contributed by atoms with Crippen molar-refractivity contribution in [2.75, 3.05) is 4.90 Å². The second kappa shape index (κ2) is 19.6. The number of carbonyl (C=O) groups excluding carboxylic acids is 4. The van der Waals surface area contributed by atoms with Crippen LogP contribution in [0.4, 0.5) is 17.1 Å². The van der Waals surface area contributed by atoms with Gasteiger partial charge in [-0.2, -0.15) is 0 Å². The molecule has 0 amide bonds. The summed E-state index contributed by atoms with van der Waals surface area (Å²) in [4.78, 5) is 56.8. The summed E-state index contributed by atoms with van der Waals surface area (Å²) < 4.78 is 5.58. The summed E-state index contributed by atoms with van der Waals surface area (Å²) in [6.45, 7) is 10.6. The maximum atomic E-state index is 14.1. The van der Waals surface area contributed by atoms with Crippen molar-refractivity contribution in [1.29, 1.82) is 0 Å². The number of esters is 1. The van der Waals surface area contributed by atoms with Crippen LogP contribution in [0, 0.1) is 0 Å². The monoisotopic (exact) mass is 735 g/mol. The van der Waals surface area contributed by atoms with Crippen LogP contribution in [0.15, 0.2) is 109 Å². The van der Waals surface area contributed by atoms with Crippen molar-refractivity contribution in [1.82, 2.24) is 0 Å². The van der Waals surface area contributed by atoms with E-state index in [0.29, 0.717) is 12.2 Å². The highest BCUT2D eigenvalue weighted by atomic mass is 16.5. The Morgan fingerprint density at radius 2 is 0.982 bits per heavy atom. The lowest BCUT2D eigenvalue weighted by Crippen LogP contribution is -2.19. The second-order valence-corrected chi connectivity index (χ2v) is 14.2. The van der Waals surface area contributed by atoms with E-state index >= 15 is 0 Å². The Morgan fingerprint density at radius 3 is 1.47 bits per heavy atom. The van der Waals surface area contributed by atoms with Gasteiger partial charge >= 0.3 is 5.97 Å². The smallest absolute Gasteiger partial charge is 0.344 e. The van der Waals surface area contributed by atoms with Gasteiger partial charge in [0.05, 0.1) is 5.56 Å². The first kappa shape index (κ1) is 40.6. The number of ether oxygens (including phenoxy) is 1. The zero-order valence-corrected chi connectivity index (χ0v) is 33.0. The van der Waals surface area contributed by atoms with E-state index in [1.165, 1.54) is 40.5 Å². The summed E-state index contributed by atoms with van der Waals surface area (Å²) in [5.41, 5.74) is 8.17. The van der Waals surface area contributed by atoms with E-state index in [1.807, 2.05) is 19.1 Å². The van der Waals surface area contributed by atoms with Gasteiger partial charge in [-0.3, -0.25) is 14.4 Å². The maximum Gasteiger partial charge on any atom is 0.344 e. The Labute approximate surface area is 326 Å². The molecule has 0 fully saturated rings. The molecule has 5 rings (SSSR count). The molecule has 0 heterocycles. The van der Waals surface area contributed by atoms with Crippen molar-refractivity contribution in [3.63, 3.8) is 0 Å². The van der Waals surface area contributed by atoms with Gasteiger partial charge in [-0.05, 0) is 115 Å². The summed E-state index contributed by atoms with van der Waals surface area (Å²) in [7, 11) is 0. The molecule has 0 spiro atoms. The van der Waals surface area contributed by atoms with Gasteiger partial charge in [-0.25, -0.2) is 4.79 Å². The molecule has 0 aromatic heterocycles. The van der Waals surface area contributed by atoms with Gasteiger partial charge < -0.3 is 9.64 Å². The third-order valence-corrected chi connectivity index (χ3v) is 9.55. The predicted molar refractivity (Wildman–Crippen MR) is 223 cm³/mol. The minimum atomic E-state index is -0.780. The Hall–Kier alpha value is -5.62. The number of aryl methyl sites for hydroxylation is 4. The summed E-state index contributed by atoms with van der Waals surface area (Å²) >= 11 is 0. The Morgan fingerprint density at radius 1 is 0.473 bits per heavy atom. The number of anilines is 3. The quantitative estimate of drug-likeness (QED) is 0.0363. The van der Waals surface area contributed by atoms with Gasteiger partial charge in [0.1, 0.15) is 5.75 Å². The van der Waals surface area contributed by atoms with Crippen LogP contribution in [0.1, 0.15) is 137 Å². The average molecular weight is 736 g/mol. The van der Waals surface area contributed by atoms with Crippen molar-refractivity contribution in [2.24, 2.45) is 0 Å². The van der Waals surface area contributed by atoms with E-state index in [9.17, 15) is 19.2 Å². The first-order valence-electron chi connectivity index (χ1n) is 19.9. The molecule has 0 radical (unpaired) electrons. The molecule has 0 aliphatic carbocycles. The van der Waals surface area contributed by atoms with Crippen LogP contribution >= 0.6 is 0 Å². The molecule has 0 aliphatic rings. The molecule has 284 valence electrons. The lowest BCUT2D eigenvalue weighted by atomic mass is 9.94. The zero-order chi connectivity index (χ0) is 39.3. The number of ketones is 3. The molecular formula is C49H53NO5. The van der Waals surface area contributed by atoms with Crippen molar-refractivity contribution in [3.8, 4) is 5.75 Å². The summed E-state index contributed by atoms with van der Waals surface area (Å²) in [6, 6.07) is 33.5. The van der Waals surface area contributed by atoms with Crippen molar-refractivity contribution in [3.05, 3.63) is 154 Å².